The molecular weight excluding hydrogens is 430 g/mol. The fraction of sp³-hybridized carbons (Fsp3) is 0.435. The van der Waals surface area contributed by atoms with Gasteiger partial charge in [0.05, 0.1) is 18.8 Å². The molecule has 174 valence electrons. The summed E-state index contributed by atoms with van der Waals surface area (Å²) in [7, 11) is 0. The maximum atomic E-state index is 12.7. The smallest absolute Gasteiger partial charge is 0.338 e. The molecule has 4 rings (SSSR count). The summed E-state index contributed by atoms with van der Waals surface area (Å²) in [5.41, 5.74) is 9.55. The Hall–Kier alpha value is -2.98. The molecule has 10 nitrogen and oxygen atoms in total. The van der Waals surface area contributed by atoms with Crippen molar-refractivity contribution < 1.29 is 33.6 Å². The Morgan fingerprint density at radius 1 is 1.12 bits per heavy atom. The summed E-state index contributed by atoms with van der Waals surface area (Å²) < 4.78 is 29.2. The molecule has 0 radical (unpaired) electrons. The minimum absolute atomic E-state index is 0.166. The number of carbonyl (C=O) groups is 1. The van der Waals surface area contributed by atoms with Crippen molar-refractivity contribution in [1.82, 2.24) is 0 Å². The summed E-state index contributed by atoms with van der Waals surface area (Å²) in [6.45, 7) is 0.595. The Morgan fingerprint density at radius 3 is 2.58 bits per heavy atom. The lowest BCUT2D eigenvalue weighted by molar-refractivity contribution is -0.360. The molecule has 0 aliphatic carbocycles. The number of hydrogen-bond donors (Lipinski definition) is 1. The van der Waals surface area contributed by atoms with E-state index in [2.05, 4.69) is 10.0 Å². The van der Waals surface area contributed by atoms with Gasteiger partial charge in [0.1, 0.15) is 18.3 Å². The normalized spacial score (nSPS) is 28.9. The standard InChI is InChI=1S/C23H25N3O7/c24-26-25-12-7-13-29-23-20(32-21(28)15-8-3-1-4-9-15)18(27)19-17(31-23)14-30-22(33-19)16-10-5-2-6-11-16/h1-6,8-11,17-20,22-23,27H,7,12-14H2/t17-,18+,19+,20-,22+,23-/m1/s1. The largest absolute Gasteiger partial charge is 0.450 e. The maximum Gasteiger partial charge on any atom is 0.338 e. The van der Waals surface area contributed by atoms with E-state index in [0.717, 1.165) is 5.56 Å². The molecule has 0 aromatic heterocycles. The number of nitrogens with zero attached hydrogens (tertiary/aromatic N) is 3. The number of carbonyl (C=O) groups excluding carboxylic acids is 1. The minimum atomic E-state index is -1.21. The fourth-order valence-electron chi connectivity index (χ4n) is 3.75. The second kappa shape index (κ2) is 11.2. The van der Waals surface area contributed by atoms with E-state index >= 15 is 0 Å². The topological polar surface area (TPSA) is 132 Å². The number of benzene rings is 2. The van der Waals surface area contributed by atoms with Crippen LogP contribution in [0, 0.1) is 0 Å². The van der Waals surface area contributed by atoms with Gasteiger partial charge in [0.2, 0.25) is 0 Å². The van der Waals surface area contributed by atoms with Gasteiger partial charge in [-0.15, -0.1) is 0 Å². The molecule has 2 aliphatic rings. The van der Waals surface area contributed by atoms with Crippen molar-refractivity contribution in [3.63, 3.8) is 0 Å². The van der Waals surface area contributed by atoms with Crippen LogP contribution in [0.5, 0.6) is 0 Å². The van der Waals surface area contributed by atoms with Gasteiger partial charge in [-0.2, -0.15) is 0 Å². The van der Waals surface area contributed by atoms with Crippen LogP contribution in [0.2, 0.25) is 0 Å². The number of aliphatic hydroxyl groups is 1. The minimum Gasteiger partial charge on any atom is -0.450 e. The van der Waals surface area contributed by atoms with Crippen LogP contribution in [0.1, 0.15) is 28.6 Å². The van der Waals surface area contributed by atoms with Crippen molar-refractivity contribution in [2.75, 3.05) is 19.8 Å². The van der Waals surface area contributed by atoms with Gasteiger partial charge in [-0.05, 0) is 24.1 Å². The summed E-state index contributed by atoms with van der Waals surface area (Å²) >= 11 is 0. The molecule has 2 saturated heterocycles. The average molecular weight is 455 g/mol. The predicted molar refractivity (Wildman–Crippen MR) is 115 cm³/mol. The first-order valence-corrected chi connectivity index (χ1v) is 10.7. The zero-order valence-corrected chi connectivity index (χ0v) is 17.8. The quantitative estimate of drug-likeness (QED) is 0.213. The van der Waals surface area contributed by atoms with Gasteiger partial charge >= 0.3 is 5.97 Å². The Bertz CT molecular complexity index is 955. The Kier molecular flexibility index (Phi) is 7.90. The number of azide groups is 1. The molecule has 0 spiro atoms. The predicted octanol–water partition coefficient (Wildman–Crippen LogP) is 3.13. The highest BCUT2D eigenvalue weighted by Crippen LogP contribution is 2.35. The zero-order valence-electron chi connectivity index (χ0n) is 17.8. The van der Waals surface area contributed by atoms with E-state index in [1.165, 1.54) is 0 Å². The fourth-order valence-corrected chi connectivity index (χ4v) is 3.75. The Morgan fingerprint density at radius 2 is 1.85 bits per heavy atom. The number of hydrogen-bond acceptors (Lipinski definition) is 8. The monoisotopic (exact) mass is 455 g/mol. The molecule has 2 fully saturated rings. The zero-order chi connectivity index (χ0) is 23.0. The lowest BCUT2D eigenvalue weighted by Gasteiger charge is -2.47. The SMILES string of the molecule is [N-]=[N+]=NCCCO[C@@H]1O[C@@H]2CO[C@H](c3ccccc3)O[C@@H]2[C@H](O)[C@H]1OC(=O)c1ccccc1. The van der Waals surface area contributed by atoms with Gasteiger partial charge in [-0.1, -0.05) is 53.6 Å². The summed E-state index contributed by atoms with van der Waals surface area (Å²) in [5.74, 6) is -0.615. The molecule has 0 saturated carbocycles. The van der Waals surface area contributed by atoms with Crippen LogP contribution < -0.4 is 0 Å². The van der Waals surface area contributed by atoms with Crippen molar-refractivity contribution in [2.45, 2.75) is 43.4 Å². The van der Waals surface area contributed by atoms with Crippen molar-refractivity contribution >= 4 is 5.97 Å². The highest BCUT2D eigenvalue weighted by atomic mass is 16.8. The van der Waals surface area contributed by atoms with Crippen molar-refractivity contribution in [3.05, 3.63) is 82.2 Å². The van der Waals surface area contributed by atoms with E-state index in [4.69, 9.17) is 29.2 Å². The Balaban J connectivity index is 1.48. The van der Waals surface area contributed by atoms with Crippen LogP contribution in [-0.2, 0) is 23.7 Å². The van der Waals surface area contributed by atoms with Crippen LogP contribution in [0.15, 0.2) is 65.8 Å². The van der Waals surface area contributed by atoms with Crippen molar-refractivity contribution in [3.8, 4) is 0 Å². The third-order valence-electron chi connectivity index (χ3n) is 5.38. The second-order valence-electron chi connectivity index (χ2n) is 7.62. The highest BCUT2D eigenvalue weighted by molar-refractivity contribution is 5.89. The van der Waals surface area contributed by atoms with Crippen LogP contribution in [0.4, 0.5) is 0 Å². The van der Waals surface area contributed by atoms with Crippen molar-refractivity contribution in [1.29, 1.82) is 0 Å². The molecule has 1 N–H and O–H groups in total. The van der Waals surface area contributed by atoms with Crippen LogP contribution in [-0.4, -0.2) is 61.5 Å². The first-order valence-electron chi connectivity index (χ1n) is 10.7. The van der Waals surface area contributed by atoms with Gasteiger partial charge in [0.15, 0.2) is 18.7 Å². The Labute approximate surface area is 190 Å². The third kappa shape index (κ3) is 5.69. The van der Waals surface area contributed by atoms with Gasteiger partial charge in [-0.25, -0.2) is 4.79 Å². The molecule has 33 heavy (non-hydrogen) atoms. The highest BCUT2D eigenvalue weighted by Gasteiger charge is 2.51. The second-order valence-corrected chi connectivity index (χ2v) is 7.62. The summed E-state index contributed by atoms with van der Waals surface area (Å²) in [4.78, 5) is 15.4. The van der Waals surface area contributed by atoms with Gasteiger partial charge < -0.3 is 28.8 Å². The molecule has 2 aliphatic heterocycles. The van der Waals surface area contributed by atoms with Gasteiger partial charge in [-0.3, -0.25) is 0 Å². The number of aliphatic hydroxyl groups excluding tert-OH is 1. The lowest BCUT2D eigenvalue weighted by atomic mass is 9.97. The molecule has 10 heteroatoms. The van der Waals surface area contributed by atoms with E-state index in [1.54, 1.807) is 30.3 Å². The molecule has 2 heterocycles. The van der Waals surface area contributed by atoms with Gasteiger partial charge in [0, 0.05) is 17.0 Å². The van der Waals surface area contributed by atoms with Crippen LogP contribution in [0.3, 0.4) is 0 Å². The molecule has 2 aromatic rings. The third-order valence-corrected chi connectivity index (χ3v) is 5.38. The van der Waals surface area contributed by atoms with E-state index in [9.17, 15) is 9.90 Å². The first kappa shape index (κ1) is 23.2. The molecule has 0 bridgehead atoms. The average Bonchev–Trinajstić information content (AvgIpc) is 2.87. The van der Waals surface area contributed by atoms with Gasteiger partial charge in [0.25, 0.3) is 0 Å². The molecule has 2 aromatic carbocycles. The van der Waals surface area contributed by atoms with Crippen LogP contribution >= 0.6 is 0 Å². The van der Waals surface area contributed by atoms with Crippen LogP contribution in [0.25, 0.3) is 10.4 Å². The first-order chi connectivity index (χ1) is 16.2. The van der Waals surface area contributed by atoms with E-state index in [1.807, 2.05) is 30.3 Å². The molecule has 6 atom stereocenters. The molecular formula is C23H25N3O7. The number of rotatable bonds is 8. The van der Waals surface area contributed by atoms with E-state index in [0.29, 0.717) is 12.0 Å². The van der Waals surface area contributed by atoms with E-state index < -0.39 is 43.0 Å². The number of fused-ring (bicyclic) bond motifs is 1. The number of esters is 1. The molecule has 0 unspecified atom stereocenters. The number of ether oxygens (including phenoxy) is 5. The molecule has 0 amide bonds. The summed E-state index contributed by atoms with van der Waals surface area (Å²) in [6, 6.07) is 17.8. The maximum absolute atomic E-state index is 12.7. The summed E-state index contributed by atoms with van der Waals surface area (Å²) in [5, 5.41) is 14.6. The van der Waals surface area contributed by atoms with Crippen molar-refractivity contribution in [2.24, 2.45) is 5.11 Å². The summed E-state index contributed by atoms with van der Waals surface area (Å²) in [6.07, 6.45) is -5.04. The lowest BCUT2D eigenvalue weighted by Crippen LogP contribution is -2.63. The van der Waals surface area contributed by atoms with E-state index in [-0.39, 0.29) is 19.8 Å².